The first-order chi connectivity index (χ1) is 5.66. The van der Waals surface area contributed by atoms with Gasteiger partial charge < -0.3 is 9.47 Å². The maximum atomic E-state index is 10.5. The molecular formula is C9H14O3. The van der Waals surface area contributed by atoms with Crippen LogP contribution >= 0.6 is 0 Å². The summed E-state index contributed by atoms with van der Waals surface area (Å²) < 4.78 is 9.74. The van der Waals surface area contributed by atoms with Crippen molar-refractivity contribution in [2.24, 2.45) is 0 Å². The molecular weight excluding hydrogens is 156 g/mol. The Morgan fingerprint density at radius 2 is 2.17 bits per heavy atom. The fourth-order valence-electron chi connectivity index (χ4n) is 0.507. The SMILES string of the molecule is C=CC(=O)OCCOCC(=C)C. The lowest BCUT2D eigenvalue weighted by Crippen LogP contribution is -2.08. The highest BCUT2D eigenvalue weighted by Gasteiger charge is 1.94. The van der Waals surface area contributed by atoms with E-state index in [4.69, 9.17) is 4.74 Å². The minimum atomic E-state index is -0.422. The van der Waals surface area contributed by atoms with Gasteiger partial charge in [0.25, 0.3) is 0 Å². The molecule has 0 amide bonds. The van der Waals surface area contributed by atoms with Crippen LogP contribution in [-0.4, -0.2) is 25.8 Å². The van der Waals surface area contributed by atoms with Crippen molar-refractivity contribution in [1.29, 1.82) is 0 Å². The van der Waals surface area contributed by atoms with E-state index in [0.717, 1.165) is 11.6 Å². The van der Waals surface area contributed by atoms with Gasteiger partial charge in [-0.2, -0.15) is 0 Å². The van der Waals surface area contributed by atoms with E-state index >= 15 is 0 Å². The highest BCUT2D eigenvalue weighted by atomic mass is 16.6. The average molecular weight is 170 g/mol. The summed E-state index contributed by atoms with van der Waals surface area (Å²) in [5.41, 5.74) is 0.949. The molecule has 0 rings (SSSR count). The Labute approximate surface area is 72.7 Å². The summed E-state index contributed by atoms with van der Waals surface area (Å²) >= 11 is 0. The average Bonchev–Trinajstić information content (AvgIpc) is 2.03. The first-order valence-corrected chi connectivity index (χ1v) is 3.68. The second-order valence-electron chi connectivity index (χ2n) is 2.38. The van der Waals surface area contributed by atoms with Gasteiger partial charge in [0.2, 0.25) is 0 Å². The van der Waals surface area contributed by atoms with Crippen LogP contribution in [0.3, 0.4) is 0 Å². The highest BCUT2D eigenvalue weighted by molar-refractivity contribution is 5.81. The van der Waals surface area contributed by atoms with Crippen LogP contribution in [0.1, 0.15) is 6.92 Å². The zero-order valence-corrected chi connectivity index (χ0v) is 7.34. The molecule has 0 spiro atoms. The summed E-state index contributed by atoms with van der Waals surface area (Å²) in [6, 6.07) is 0. The van der Waals surface area contributed by atoms with E-state index in [2.05, 4.69) is 17.9 Å². The minimum absolute atomic E-state index is 0.262. The van der Waals surface area contributed by atoms with Gasteiger partial charge in [-0.25, -0.2) is 4.79 Å². The third-order valence-electron chi connectivity index (χ3n) is 0.987. The van der Waals surface area contributed by atoms with Crippen LogP contribution in [0, 0.1) is 0 Å². The molecule has 0 saturated carbocycles. The standard InChI is InChI=1S/C9H14O3/c1-4-9(10)12-6-5-11-7-8(2)3/h4H,1-2,5-7H2,3H3. The van der Waals surface area contributed by atoms with Gasteiger partial charge in [0, 0.05) is 6.08 Å². The molecule has 0 aliphatic heterocycles. The van der Waals surface area contributed by atoms with Crippen molar-refractivity contribution in [2.45, 2.75) is 6.92 Å². The number of rotatable bonds is 6. The summed E-state index contributed by atoms with van der Waals surface area (Å²) in [6.45, 7) is 9.95. The van der Waals surface area contributed by atoms with E-state index in [1.165, 1.54) is 0 Å². The number of carbonyl (C=O) groups is 1. The number of hydrogen-bond donors (Lipinski definition) is 0. The number of carbonyl (C=O) groups excluding carboxylic acids is 1. The number of hydrogen-bond acceptors (Lipinski definition) is 3. The molecule has 0 aliphatic rings. The summed E-state index contributed by atoms with van der Waals surface area (Å²) in [5.74, 6) is -0.422. The topological polar surface area (TPSA) is 35.5 Å². The molecule has 0 atom stereocenters. The van der Waals surface area contributed by atoms with Gasteiger partial charge in [0.05, 0.1) is 13.2 Å². The summed E-state index contributed by atoms with van der Waals surface area (Å²) in [5, 5.41) is 0. The normalized spacial score (nSPS) is 9.08. The Balaban J connectivity index is 3.16. The predicted octanol–water partition coefficient (Wildman–Crippen LogP) is 1.31. The first-order valence-electron chi connectivity index (χ1n) is 3.68. The molecule has 68 valence electrons. The molecule has 3 heteroatoms. The monoisotopic (exact) mass is 170 g/mol. The summed E-state index contributed by atoms with van der Waals surface area (Å²) in [4.78, 5) is 10.5. The predicted molar refractivity (Wildman–Crippen MR) is 46.8 cm³/mol. The Morgan fingerprint density at radius 1 is 1.50 bits per heavy atom. The Kier molecular flexibility index (Phi) is 6.01. The van der Waals surface area contributed by atoms with Crippen LogP contribution in [0.25, 0.3) is 0 Å². The molecule has 0 heterocycles. The maximum Gasteiger partial charge on any atom is 0.330 e. The molecule has 0 aromatic rings. The van der Waals surface area contributed by atoms with Crippen molar-refractivity contribution < 1.29 is 14.3 Å². The summed E-state index contributed by atoms with van der Waals surface area (Å²) in [7, 11) is 0. The van der Waals surface area contributed by atoms with E-state index in [0.29, 0.717) is 13.2 Å². The van der Waals surface area contributed by atoms with Crippen molar-refractivity contribution in [1.82, 2.24) is 0 Å². The van der Waals surface area contributed by atoms with Gasteiger partial charge in [-0.05, 0) is 6.92 Å². The van der Waals surface area contributed by atoms with Crippen molar-refractivity contribution in [3.8, 4) is 0 Å². The third-order valence-corrected chi connectivity index (χ3v) is 0.987. The van der Waals surface area contributed by atoms with Crippen molar-refractivity contribution >= 4 is 5.97 Å². The third kappa shape index (κ3) is 7.02. The van der Waals surface area contributed by atoms with Gasteiger partial charge >= 0.3 is 5.97 Å². The molecule has 0 N–H and O–H groups in total. The molecule has 0 aromatic carbocycles. The van der Waals surface area contributed by atoms with E-state index in [9.17, 15) is 4.79 Å². The van der Waals surface area contributed by atoms with E-state index in [-0.39, 0.29) is 6.61 Å². The van der Waals surface area contributed by atoms with Gasteiger partial charge in [0.1, 0.15) is 6.61 Å². The Hall–Kier alpha value is -1.09. The van der Waals surface area contributed by atoms with Gasteiger partial charge in [0.15, 0.2) is 0 Å². The molecule has 0 aliphatic carbocycles. The number of esters is 1. The zero-order chi connectivity index (χ0) is 9.40. The largest absolute Gasteiger partial charge is 0.460 e. The molecule has 0 radical (unpaired) electrons. The van der Waals surface area contributed by atoms with Gasteiger partial charge in [-0.3, -0.25) is 0 Å². The van der Waals surface area contributed by atoms with Crippen LogP contribution in [0.5, 0.6) is 0 Å². The number of ether oxygens (including phenoxy) is 2. The van der Waals surface area contributed by atoms with Crippen LogP contribution in [-0.2, 0) is 14.3 Å². The molecule has 3 nitrogen and oxygen atoms in total. The minimum Gasteiger partial charge on any atom is -0.460 e. The molecule has 0 fully saturated rings. The lowest BCUT2D eigenvalue weighted by Gasteiger charge is -2.03. The lowest BCUT2D eigenvalue weighted by atomic mass is 10.4. The van der Waals surface area contributed by atoms with Crippen LogP contribution < -0.4 is 0 Å². The maximum absolute atomic E-state index is 10.5. The summed E-state index contributed by atoms with van der Waals surface area (Å²) in [6.07, 6.45) is 1.12. The van der Waals surface area contributed by atoms with Gasteiger partial charge in [-0.15, -0.1) is 0 Å². The molecule has 0 bridgehead atoms. The van der Waals surface area contributed by atoms with Crippen molar-refractivity contribution in [3.63, 3.8) is 0 Å². The highest BCUT2D eigenvalue weighted by Crippen LogP contribution is 1.88. The molecule has 12 heavy (non-hydrogen) atoms. The Morgan fingerprint density at radius 3 is 2.67 bits per heavy atom. The van der Waals surface area contributed by atoms with Crippen LogP contribution in [0.2, 0.25) is 0 Å². The van der Waals surface area contributed by atoms with E-state index in [1.54, 1.807) is 0 Å². The second-order valence-corrected chi connectivity index (χ2v) is 2.38. The van der Waals surface area contributed by atoms with Crippen molar-refractivity contribution in [3.05, 3.63) is 24.8 Å². The fraction of sp³-hybridized carbons (Fsp3) is 0.444. The first kappa shape index (κ1) is 10.9. The zero-order valence-electron chi connectivity index (χ0n) is 7.34. The van der Waals surface area contributed by atoms with Crippen molar-refractivity contribution in [2.75, 3.05) is 19.8 Å². The lowest BCUT2D eigenvalue weighted by molar-refractivity contribution is -0.139. The van der Waals surface area contributed by atoms with E-state index in [1.807, 2.05) is 6.92 Å². The van der Waals surface area contributed by atoms with Crippen LogP contribution in [0.15, 0.2) is 24.8 Å². The van der Waals surface area contributed by atoms with Gasteiger partial charge in [-0.1, -0.05) is 18.7 Å². The molecule has 0 saturated heterocycles. The fourth-order valence-corrected chi connectivity index (χ4v) is 0.507. The van der Waals surface area contributed by atoms with E-state index < -0.39 is 5.97 Å². The molecule has 0 aromatic heterocycles. The Bertz CT molecular complexity index is 173. The molecule has 0 unspecified atom stereocenters. The van der Waals surface area contributed by atoms with Crippen LogP contribution in [0.4, 0.5) is 0 Å². The smallest absolute Gasteiger partial charge is 0.330 e. The quantitative estimate of drug-likeness (QED) is 0.261. The second kappa shape index (κ2) is 6.61.